The van der Waals surface area contributed by atoms with Crippen molar-refractivity contribution >= 4 is 17.5 Å². The summed E-state index contributed by atoms with van der Waals surface area (Å²) in [6.07, 6.45) is 0. The number of carbonyl (C=O) groups is 2. The molecule has 1 amide bonds. The molecule has 6 nitrogen and oxygen atoms in total. The highest BCUT2D eigenvalue weighted by Crippen LogP contribution is 2.19. The van der Waals surface area contributed by atoms with Crippen molar-refractivity contribution in [2.24, 2.45) is 11.1 Å². The Morgan fingerprint density at radius 1 is 1.23 bits per heavy atom. The van der Waals surface area contributed by atoms with Crippen LogP contribution in [0, 0.1) is 5.41 Å². The molecule has 0 radical (unpaired) electrons. The van der Waals surface area contributed by atoms with Crippen LogP contribution in [-0.2, 0) is 4.79 Å². The third-order valence-corrected chi connectivity index (χ3v) is 3.23. The SMILES string of the molecule is CC(C)(C)C(=O)CNc1cc(C(N)=O)nn1-c1ccccc1. The second-order valence-electron chi connectivity index (χ2n) is 6.05. The minimum atomic E-state index is -0.611. The topological polar surface area (TPSA) is 90.0 Å². The molecule has 1 aromatic heterocycles. The van der Waals surface area contributed by atoms with Crippen molar-refractivity contribution in [1.82, 2.24) is 9.78 Å². The Morgan fingerprint density at radius 3 is 2.41 bits per heavy atom. The predicted molar refractivity (Wildman–Crippen MR) is 85.0 cm³/mol. The molecule has 0 unspecified atom stereocenters. The maximum absolute atomic E-state index is 12.0. The first-order chi connectivity index (χ1) is 10.3. The fraction of sp³-hybridized carbons (Fsp3) is 0.312. The molecule has 0 saturated heterocycles. The van der Waals surface area contributed by atoms with Gasteiger partial charge in [0.05, 0.1) is 12.2 Å². The molecule has 0 bridgehead atoms. The summed E-state index contributed by atoms with van der Waals surface area (Å²) in [4.78, 5) is 23.4. The summed E-state index contributed by atoms with van der Waals surface area (Å²) in [7, 11) is 0. The van der Waals surface area contributed by atoms with Crippen molar-refractivity contribution in [1.29, 1.82) is 0 Å². The van der Waals surface area contributed by atoms with E-state index in [1.54, 1.807) is 10.7 Å². The van der Waals surface area contributed by atoms with Crippen LogP contribution in [0.1, 0.15) is 31.3 Å². The van der Waals surface area contributed by atoms with E-state index >= 15 is 0 Å². The van der Waals surface area contributed by atoms with Crippen LogP contribution in [0.2, 0.25) is 0 Å². The summed E-state index contributed by atoms with van der Waals surface area (Å²) in [5.74, 6) is 0.00594. The Balaban J connectivity index is 2.30. The third kappa shape index (κ3) is 3.52. The minimum Gasteiger partial charge on any atom is -0.364 e. The molecular weight excluding hydrogens is 280 g/mol. The average molecular weight is 300 g/mol. The lowest BCUT2D eigenvalue weighted by molar-refractivity contribution is -0.124. The number of nitrogens with two attached hydrogens (primary N) is 1. The number of hydrogen-bond acceptors (Lipinski definition) is 4. The van der Waals surface area contributed by atoms with E-state index < -0.39 is 11.3 Å². The second-order valence-corrected chi connectivity index (χ2v) is 6.05. The first-order valence-electron chi connectivity index (χ1n) is 7.01. The first-order valence-corrected chi connectivity index (χ1v) is 7.01. The molecule has 116 valence electrons. The maximum atomic E-state index is 12.0. The van der Waals surface area contributed by atoms with Gasteiger partial charge in [0.1, 0.15) is 5.82 Å². The predicted octanol–water partition coefficient (Wildman–Crippen LogP) is 2.00. The van der Waals surface area contributed by atoms with Gasteiger partial charge in [0, 0.05) is 11.5 Å². The Labute approximate surface area is 129 Å². The number of hydrogen-bond donors (Lipinski definition) is 2. The minimum absolute atomic E-state index is 0.0638. The fourth-order valence-corrected chi connectivity index (χ4v) is 1.83. The van der Waals surface area contributed by atoms with E-state index in [0.29, 0.717) is 5.82 Å². The Hall–Kier alpha value is -2.63. The van der Waals surface area contributed by atoms with Gasteiger partial charge in [0.25, 0.3) is 5.91 Å². The number of primary amides is 1. The van der Waals surface area contributed by atoms with Crippen LogP contribution in [0.5, 0.6) is 0 Å². The number of amides is 1. The fourth-order valence-electron chi connectivity index (χ4n) is 1.83. The normalized spacial score (nSPS) is 11.2. The van der Waals surface area contributed by atoms with Gasteiger partial charge in [0.15, 0.2) is 11.5 Å². The highest BCUT2D eigenvalue weighted by atomic mass is 16.1. The molecule has 3 N–H and O–H groups in total. The molecular formula is C16H20N4O2. The molecule has 6 heteroatoms. The molecule has 0 aliphatic rings. The summed E-state index contributed by atoms with van der Waals surface area (Å²) in [6.45, 7) is 5.74. The lowest BCUT2D eigenvalue weighted by atomic mass is 9.91. The summed E-state index contributed by atoms with van der Waals surface area (Å²) < 4.78 is 1.57. The first kappa shape index (κ1) is 15.8. The van der Waals surface area contributed by atoms with Crippen molar-refractivity contribution < 1.29 is 9.59 Å². The van der Waals surface area contributed by atoms with Gasteiger partial charge in [-0.1, -0.05) is 39.0 Å². The van der Waals surface area contributed by atoms with Gasteiger partial charge in [-0.25, -0.2) is 4.68 Å². The van der Waals surface area contributed by atoms with Crippen molar-refractivity contribution in [3.63, 3.8) is 0 Å². The molecule has 0 saturated carbocycles. The molecule has 0 aliphatic carbocycles. The van der Waals surface area contributed by atoms with Crippen LogP contribution in [0.15, 0.2) is 36.4 Å². The summed E-state index contributed by atoms with van der Waals surface area (Å²) in [5.41, 5.74) is 5.78. The lowest BCUT2D eigenvalue weighted by Gasteiger charge is -2.17. The molecule has 1 aromatic carbocycles. The molecule has 22 heavy (non-hydrogen) atoms. The van der Waals surface area contributed by atoms with Gasteiger partial charge in [-0.15, -0.1) is 0 Å². The number of Topliss-reactive ketones (excluding diaryl/α,β-unsaturated/α-hetero) is 1. The number of anilines is 1. The lowest BCUT2D eigenvalue weighted by Crippen LogP contribution is -2.28. The van der Waals surface area contributed by atoms with Gasteiger partial charge >= 0.3 is 0 Å². The van der Waals surface area contributed by atoms with Crippen LogP contribution >= 0.6 is 0 Å². The van der Waals surface area contributed by atoms with E-state index in [9.17, 15) is 9.59 Å². The average Bonchev–Trinajstić information content (AvgIpc) is 2.89. The number of aromatic nitrogens is 2. The van der Waals surface area contributed by atoms with E-state index in [4.69, 9.17) is 5.73 Å². The van der Waals surface area contributed by atoms with Crippen LogP contribution in [0.25, 0.3) is 5.69 Å². The van der Waals surface area contributed by atoms with E-state index in [0.717, 1.165) is 5.69 Å². The van der Waals surface area contributed by atoms with Gasteiger partial charge in [-0.2, -0.15) is 5.10 Å². The molecule has 2 rings (SSSR count). The third-order valence-electron chi connectivity index (χ3n) is 3.23. The van der Waals surface area contributed by atoms with Gasteiger partial charge in [0.2, 0.25) is 0 Å². The second kappa shape index (κ2) is 6.01. The van der Waals surface area contributed by atoms with Crippen molar-refractivity contribution in [3.05, 3.63) is 42.1 Å². The van der Waals surface area contributed by atoms with Crippen molar-refractivity contribution in [3.8, 4) is 5.69 Å². The largest absolute Gasteiger partial charge is 0.364 e. The number of benzene rings is 1. The zero-order chi connectivity index (χ0) is 16.3. The number of nitrogens with zero attached hydrogens (tertiary/aromatic N) is 2. The summed E-state index contributed by atoms with van der Waals surface area (Å²) in [6, 6.07) is 10.9. The van der Waals surface area contributed by atoms with E-state index in [2.05, 4.69) is 10.4 Å². The number of rotatable bonds is 5. The molecule has 0 atom stereocenters. The number of para-hydroxylation sites is 1. The van der Waals surface area contributed by atoms with Crippen LogP contribution < -0.4 is 11.1 Å². The van der Waals surface area contributed by atoms with Gasteiger partial charge in [-0.3, -0.25) is 9.59 Å². The molecule has 0 aliphatic heterocycles. The zero-order valence-electron chi connectivity index (χ0n) is 13.0. The number of carbonyl (C=O) groups excluding carboxylic acids is 2. The van der Waals surface area contributed by atoms with Gasteiger partial charge < -0.3 is 11.1 Å². The smallest absolute Gasteiger partial charge is 0.269 e. The number of ketones is 1. The maximum Gasteiger partial charge on any atom is 0.269 e. The van der Waals surface area contributed by atoms with E-state index in [-0.39, 0.29) is 18.0 Å². The summed E-state index contributed by atoms with van der Waals surface area (Å²) >= 11 is 0. The molecule has 2 aromatic rings. The van der Waals surface area contributed by atoms with Crippen LogP contribution in [0.3, 0.4) is 0 Å². The highest BCUT2D eigenvalue weighted by molar-refractivity contribution is 5.92. The highest BCUT2D eigenvalue weighted by Gasteiger charge is 2.21. The zero-order valence-corrected chi connectivity index (χ0v) is 13.0. The number of nitrogens with one attached hydrogen (secondary N) is 1. The summed E-state index contributed by atoms with van der Waals surface area (Å²) in [5, 5.41) is 7.22. The molecule has 0 spiro atoms. The van der Waals surface area contributed by atoms with Crippen LogP contribution in [-0.4, -0.2) is 28.0 Å². The standard InChI is InChI=1S/C16H20N4O2/c1-16(2,3)13(21)10-18-14-9-12(15(17)22)19-20(14)11-7-5-4-6-8-11/h4-9,18H,10H2,1-3H3,(H2,17,22). The van der Waals surface area contributed by atoms with E-state index in [1.165, 1.54) is 0 Å². The van der Waals surface area contributed by atoms with Gasteiger partial charge in [-0.05, 0) is 12.1 Å². The Morgan fingerprint density at radius 2 is 1.86 bits per heavy atom. The van der Waals surface area contributed by atoms with Crippen LogP contribution in [0.4, 0.5) is 5.82 Å². The quantitative estimate of drug-likeness (QED) is 0.883. The molecule has 1 heterocycles. The Kier molecular flexibility index (Phi) is 4.30. The van der Waals surface area contributed by atoms with Crippen molar-refractivity contribution in [2.75, 3.05) is 11.9 Å². The monoisotopic (exact) mass is 300 g/mol. The van der Waals surface area contributed by atoms with Crippen molar-refractivity contribution in [2.45, 2.75) is 20.8 Å². The Bertz CT molecular complexity index is 684. The van der Waals surface area contributed by atoms with E-state index in [1.807, 2.05) is 51.1 Å². The molecule has 0 fully saturated rings.